The highest BCUT2D eigenvalue weighted by Crippen LogP contribution is 2.44. The fraction of sp³-hybridized carbons (Fsp3) is 0.0857. The maximum atomic E-state index is 2.38. The van der Waals surface area contributed by atoms with E-state index in [9.17, 15) is 0 Å². The molecule has 0 bridgehead atoms. The summed E-state index contributed by atoms with van der Waals surface area (Å²) in [6, 6.07) is 41.2. The molecule has 0 nitrogen and oxygen atoms in total. The van der Waals surface area contributed by atoms with Gasteiger partial charge in [-0.3, -0.25) is 0 Å². The molecular weight excluding hydrogens is 420 g/mol. The van der Waals surface area contributed by atoms with Crippen LogP contribution in [0.4, 0.5) is 0 Å². The zero-order chi connectivity index (χ0) is 23.1. The Morgan fingerprint density at radius 3 is 1.14 bits per heavy atom. The van der Waals surface area contributed by atoms with Crippen LogP contribution in [0.5, 0.6) is 0 Å². The quantitative estimate of drug-likeness (QED) is 0.238. The predicted octanol–water partition coefficient (Wildman–Crippen LogP) is 10.0. The number of benzene rings is 8. The van der Waals surface area contributed by atoms with Crippen molar-refractivity contribution in [1.82, 2.24) is 0 Å². The zero-order valence-corrected chi connectivity index (χ0v) is 19.7. The molecule has 0 fully saturated rings. The molecule has 0 unspecified atom stereocenters. The molecule has 8 aromatic carbocycles. The standard InChI is InChI=1S/C35H24/c1-2-27(28-17-13-25-11-9-21-5-3-7-23-15-19-30(28)34(25)32(21)23)29-18-14-26-12-10-22-6-4-8-24-16-20-31(29)35(26)33(22)24/h3-20,27H,2H2,1H3. The Morgan fingerprint density at radius 2 is 0.743 bits per heavy atom. The molecule has 0 saturated carbocycles. The first kappa shape index (κ1) is 19.2. The van der Waals surface area contributed by atoms with E-state index in [2.05, 4.69) is 116 Å². The van der Waals surface area contributed by atoms with Gasteiger partial charge in [0, 0.05) is 5.92 Å². The van der Waals surface area contributed by atoms with Crippen molar-refractivity contribution in [2.24, 2.45) is 0 Å². The summed E-state index contributed by atoms with van der Waals surface area (Å²) in [4.78, 5) is 0. The largest absolute Gasteiger partial charge is 0.0645 e. The molecule has 0 heterocycles. The third-order valence-electron chi connectivity index (χ3n) is 8.28. The van der Waals surface area contributed by atoms with E-state index in [1.807, 2.05) is 0 Å². The van der Waals surface area contributed by atoms with Crippen LogP contribution >= 0.6 is 0 Å². The Kier molecular flexibility index (Phi) is 3.80. The molecule has 0 amide bonds. The molecule has 0 aliphatic heterocycles. The SMILES string of the molecule is CCC(c1ccc2ccc3cccc4ccc1c2c34)c1ccc2ccc3cccc4ccc1c2c34. The van der Waals surface area contributed by atoms with Crippen molar-refractivity contribution in [1.29, 1.82) is 0 Å². The summed E-state index contributed by atoms with van der Waals surface area (Å²) in [5.74, 6) is 0.337. The van der Waals surface area contributed by atoms with E-state index >= 15 is 0 Å². The van der Waals surface area contributed by atoms with E-state index in [1.165, 1.54) is 75.8 Å². The topological polar surface area (TPSA) is 0 Å². The molecule has 0 N–H and O–H groups in total. The van der Waals surface area contributed by atoms with E-state index in [1.54, 1.807) is 0 Å². The first-order valence-electron chi connectivity index (χ1n) is 12.6. The lowest BCUT2D eigenvalue weighted by Gasteiger charge is -2.23. The van der Waals surface area contributed by atoms with Crippen molar-refractivity contribution in [2.75, 3.05) is 0 Å². The van der Waals surface area contributed by atoms with Gasteiger partial charge in [0.25, 0.3) is 0 Å². The van der Waals surface area contributed by atoms with Gasteiger partial charge in [0.1, 0.15) is 0 Å². The summed E-state index contributed by atoms with van der Waals surface area (Å²) in [6.07, 6.45) is 1.06. The van der Waals surface area contributed by atoms with E-state index in [0.29, 0.717) is 5.92 Å². The summed E-state index contributed by atoms with van der Waals surface area (Å²) >= 11 is 0. The second-order valence-electron chi connectivity index (χ2n) is 9.98. The van der Waals surface area contributed by atoms with Gasteiger partial charge >= 0.3 is 0 Å². The Labute approximate surface area is 204 Å². The van der Waals surface area contributed by atoms with Gasteiger partial charge in [-0.25, -0.2) is 0 Å². The molecule has 8 aromatic rings. The minimum atomic E-state index is 0.337. The van der Waals surface area contributed by atoms with Gasteiger partial charge in [-0.2, -0.15) is 0 Å². The Balaban J connectivity index is 1.46. The Hall–Kier alpha value is -4.16. The van der Waals surface area contributed by atoms with Crippen LogP contribution in [0, 0.1) is 0 Å². The van der Waals surface area contributed by atoms with Crippen LogP contribution in [0.2, 0.25) is 0 Å². The summed E-state index contributed by atoms with van der Waals surface area (Å²) in [6.45, 7) is 2.33. The number of hydrogen-bond donors (Lipinski definition) is 0. The lowest BCUT2D eigenvalue weighted by atomic mass is 9.80. The molecule has 0 saturated heterocycles. The summed E-state index contributed by atoms with van der Waals surface area (Å²) in [5, 5.41) is 16.4. The highest BCUT2D eigenvalue weighted by atomic mass is 14.2. The second kappa shape index (κ2) is 6.93. The van der Waals surface area contributed by atoms with Gasteiger partial charge in [-0.1, -0.05) is 116 Å². The third-order valence-corrected chi connectivity index (χ3v) is 8.28. The minimum absolute atomic E-state index is 0.337. The third kappa shape index (κ3) is 2.52. The fourth-order valence-corrected chi connectivity index (χ4v) is 6.73. The average Bonchev–Trinajstić information content (AvgIpc) is 2.92. The van der Waals surface area contributed by atoms with Crippen LogP contribution in [-0.4, -0.2) is 0 Å². The Morgan fingerprint density at radius 1 is 0.400 bits per heavy atom. The summed E-state index contributed by atoms with van der Waals surface area (Å²) < 4.78 is 0. The van der Waals surface area contributed by atoms with Crippen molar-refractivity contribution in [2.45, 2.75) is 19.3 Å². The molecule has 8 rings (SSSR count). The number of rotatable bonds is 3. The molecule has 0 heteroatoms. The zero-order valence-electron chi connectivity index (χ0n) is 19.7. The van der Waals surface area contributed by atoms with Crippen molar-refractivity contribution < 1.29 is 0 Å². The molecule has 0 spiro atoms. The smallest absolute Gasteiger partial charge is 0.00990 e. The molecule has 35 heavy (non-hydrogen) atoms. The van der Waals surface area contributed by atoms with Crippen LogP contribution in [-0.2, 0) is 0 Å². The van der Waals surface area contributed by atoms with Crippen LogP contribution < -0.4 is 0 Å². The molecule has 0 atom stereocenters. The van der Waals surface area contributed by atoms with Crippen LogP contribution in [0.3, 0.4) is 0 Å². The van der Waals surface area contributed by atoms with Crippen LogP contribution in [0.1, 0.15) is 30.4 Å². The lowest BCUT2D eigenvalue weighted by Crippen LogP contribution is -2.03. The van der Waals surface area contributed by atoms with Crippen molar-refractivity contribution in [3.05, 3.63) is 120 Å². The fourth-order valence-electron chi connectivity index (χ4n) is 6.73. The van der Waals surface area contributed by atoms with E-state index in [0.717, 1.165) is 6.42 Å². The second-order valence-corrected chi connectivity index (χ2v) is 9.98. The van der Waals surface area contributed by atoms with Crippen LogP contribution in [0.15, 0.2) is 109 Å². The van der Waals surface area contributed by atoms with Gasteiger partial charge in [0.05, 0.1) is 0 Å². The molecule has 0 aromatic heterocycles. The normalized spacial score (nSPS) is 12.5. The predicted molar refractivity (Wildman–Crippen MR) is 152 cm³/mol. The first-order valence-corrected chi connectivity index (χ1v) is 12.6. The minimum Gasteiger partial charge on any atom is -0.0645 e. The van der Waals surface area contributed by atoms with Crippen LogP contribution in [0.25, 0.3) is 64.6 Å². The molecule has 0 radical (unpaired) electrons. The van der Waals surface area contributed by atoms with E-state index in [4.69, 9.17) is 0 Å². The number of hydrogen-bond acceptors (Lipinski definition) is 0. The lowest BCUT2D eigenvalue weighted by molar-refractivity contribution is 0.791. The Bertz CT molecular complexity index is 1860. The van der Waals surface area contributed by atoms with Crippen molar-refractivity contribution >= 4 is 64.6 Å². The molecular formula is C35H24. The molecule has 0 aliphatic rings. The maximum Gasteiger partial charge on any atom is 0.00990 e. The van der Waals surface area contributed by atoms with Gasteiger partial charge in [0.15, 0.2) is 0 Å². The van der Waals surface area contributed by atoms with Crippen molar-refractivity contribution in [3.63, 3.8) is 0 Å². The van der Waals surface area contributed by atoms with Gasteiger partial charge in [-0.15, -0.1) is 0 Å². The average molecular weight is 445 g/mol. The van der Waals surface area contributed by atoms with Gasteiger partial charge in [-0.05, 0) is 82.2 Å². The highest BCUT2D eigenvalue weighted by molar-refractivity contribution is 6.25. The van der Waals surface area contributed by atoms with Gasteiger partial charge < -0.3 is 0 Å². The first-order chi connectivity index (χ1) is 17.3. The van der Waals surface area contributed by atoms with E-state index in [-0.39, 0.29) is 0 Å². The summed E-state index contributed by atoms with van der Waals surface area (Å²) in [7, 11) is 0. The van der Waals surface area contributed by atoms with Gasteiger partial charge in [0.2, 0.25) is 0 Å². The maximum absolute atomic E-state index is 2.38. The monoisotopic (exact) mass is 444 g/mol. The molecule has 164 valence electrons. The summed E-state index contributed by atoms with van der Waals surface area (Å²) in [5.41, 5.74) is 2.88. The highest BCUT2D eigenvalue weighted by Gasteiger charge is 2.21. The van der Waals surface area contributed by atoms with Crippen molar-refractivity contribution in [3.8, 4) is 0 Å². The van der Waals surface area contributed by atoms with E-state index < -0.39 is 0 Å². The molecule has 0 aliphatic carbocycles.